The highest BCUT2D eigenvalue weighted by Crippen LogP contribution is 2.15. The normalized spacial score (nSPS) is 10.5. The molecule has 2 aromatic heterocycles. The number of aromatic carboxylic acids is 1. The van der Waals surface area contributed by atoms with Crippen LogP contribution in [0, 0.1) is 25.7 Å². The second kappa shape index (κ2) is 8.67. The number of carboxylic acid groups (broad SMARTS) is 1. The van der Waals surface area contributed by atoms with Crippen LogP contribution < -0.4 is 0 Å². The Morgan fingerprint density at radius 3 is 2.58 bits per heavy atom. The SMILES string of the molecule is Cc1nc(CC#Cc2cccc(Cc3nn(-c4ccccc4)nc3C(=O)O)c2)c(C)o1. The van der Waals surface area contributed by atoms with Crippen molar-refractivity contribution in [2.75, 3.05) is 0 Å². The van der Waals surface area contributed by atoms with Gasteiger partial charge in [-0.15, -0.1) is 5.10 Å². The minimum absolute atomic E-state index is 0.0581. The van der Waals surface area contributed by atoms with Crippen molar-refractivity contribution >= 4 is 5.97 Å². The van der Waals surface area contributed by atoms with Crippen molar-refractivity contribution < 1.29 is 14.3 Å². The largest absolute Gasteiger partial charge is 0.476 e. The highest BCUT2D eigenvalue weighted by Gasteiger charge is 2.18. The van der Waals surface area contributed by atoms with Crippen molar-refractivity contribution in [2.45, 2.75) is 26.7 Å². The average Bonchev–Trinajstić information content (AvgIpc) is 3.32. The van der Waals surface area contributed by atoms with Gasteiger partial charge in [0.25, 0.3) is 0 Å². The summed E-state index contributed by atoms with van der Waals surface area (Å²) in [6.07, 6.45) is 0.841. The number of carboxylic acids is 1. The molecule has 0 spiro atoms. The number of aromatic nitrogens is 4. The fourth-order valence-corrected chi connectivity index (χ4v) is 3.22. The maximum Gasteiger partial charge on any atom is 0.358 e. The third kappa shape index (κ3) is 4.70. The Balaban J connectivity index is 1.55. The molecule has 0 aliphatic carbocycles. The third-order valence-electron chi connectivity index (χ3n) is 4.66. The number of aryl methyl sites for hydroxylation is 2. The van der Waals surface area contributed by atoms with Crippen molar-refractivity contribution in [3.8, 4) is 17.5 Å². The van der Waals surface area contributed by atoms with Crippen molar-refractivity contribution in [2.24, 2.45) is 0 Å². The van der Waals surface area contributed by atoms with Crippen molar-refractivity contribution in [3.05, 3.63) is 94.5 Å². The van der Waals surface area contributed by atoms with E-state index in [9.17, 15) is 9.90 Å². The van der Waals surface area contributed by atoms with Crippen LogP contribution in [-0.2, 0) is 12.8 Å². The van der Waals surface area contributed by atoms with E-state index in [0.29, 0.717) is 30.1 Å². The van der Waals surface area contributed by atoms with E-state index < -0.39 is 5.97 Å². The van der Waals surface area contributed by atoms with E-state index in [-0.39, 0.29) is 5.69 Å². The number of benzene rings is 2. The number of hydrogen-bond donors (Lipinski definition) is 1. The van der Waals surface area contributed by atoms with Gasteiger partial charge >= 0.3 is 5.97 Å². The van der Waals surface area contributed by atoms with Crippen LogP contribution in [0.5, 0.6) is 0 Å². The van der Waals surface area contributed by atoms with Crippen LogP contribution in [0.2, 0.25) is 0 Å². The molecule has 154 valence electrons. The number of rotatable bonds is 5. The van der Waals surface area contributed by atoms with Gasteiger partial charge in [0.1, 0.15) is 11.5 Å². The zero-order chi connectivity index (χ0) is 21.8. The lowest BCUT2D eigenvalue weighted by Gasteiger charge is -2.00. The van der Waals surface area contributed by atoms with Gasteiger partial charge in [-0.25, -0.2) is 9.78 Å². The van der Waals surface area contributed by atoms with E-state index >= 15 is 0 Å². The van der Waals surface area contributed by atoms with Gasteiger partial charge in [0.15, 0.2) is 11.6 Å². The molecule has 1 N–H and O–H groups in total. The van der Waals surface area contributed by atoms with Crippen LogP contribution in [0.1, 0.15) is 44.7 Å². The second-order valence-corrected chi connectivity index (χ2v) is 7.02. The number of para-hydroxylation sites is 1. The van der Waals surface area contributed by atoms with Gasteiger partial charge in [0, 0.05) is 18.9 Å². The smallest absolute Gasteiger partial charge is 0.358 e. The van der Waals surface area contributed by atoms with Crippen molar-refractivity contribution in [3.63, 3.8) is 0 Å². The van der Waals surface area contributed by atoms with E-state index in [0.717, 1.165) is 22.6 Å². The predicted octanol–water partition coefficient (Wildman–Crippen LogP) is 3.76. The minimum Gasteiger partial charge on any atom is -0.476 e. The lowest BCUT2D eigenvalue weighted by molar-refractivity contribution is 0.0689. The van der Waals surface area contributed by atoms with Gasteiger partial charge in [0.2, 0.25) is 0 Å². The van der Waals surface area contributed by atoms with E-state index in [4.69, 9.17) is 4.42 Å². The lowest BCUT2D eigenvalue weighted by Crippen LogP contribution is -2.03. The molecule has 0 saturated heterocycles. The first kappa shape index (κ1) is 20.1. The highest BCUT2D eigenvalue weighted by atomic mass is 16.4. The summed E-state index contributed by atoms with van der Waals surface area (Å²) in [5.41, 5.74) is 3.62. The molecule has 0 radical (unpaired) electrons. The Morgan fingerprint density at radius 2 is 1.87 bits per heavy atom. The van der Waals surface area contributed by atoms with Crippen LogP contribution in [0.25, 0.3) is 5.69 Å². The summed E-state index contributed by atoms with van der Waals surface area (Å²) in [6.45, 7) is 3.69. The molecule has 4 aromatic rings. The van der Waals surface area contributed by atoms with Crippen LogP contribution in [0.3, 0.4) is 0 Å². The van der Waals surface area contributed by atoms with Crippen molar-refractivity contribution in [1.82, 2.24) is 20.0 Å². The minimum atomic E-state index is -1.11. The average molecular weight is 412 g/mol. The molecule has 0 unspecified atom stereocenters. The Bertz CT molecular complexity index is 1290. The first-order valence-electron chi connectivity index (χ1n) is 9.75. The van der Waals surface area contributed by atoms with E-state index in [1.54, 1.807) is 0 Å². The molecule has 0 aliphatic heterocycles. The van der Waals surface area contributed by atoms with Crippen LogP contribution >= 0.6 is 0 Å². The highest BCUT2D eigenvalue weighted by molar-refractivity contribution is 5.86. The molecular formula is C24H20N4O3. The molecule has 7 nitrogen and oxygen atoms in total. The molecule has 0 amide bonds. The topological polar surface area (TPSA) is 94.0 Å². The maximum atomic E-state index is 11.7. The fraction of sp³-hybridized carbons (Fsp3) is 0.167. The zero-order valence-electron chi connectivity index (χ0n) is 17.2. The molecule has 4 rings (SSSR count). The number of hydrogen-bond acceptors (Lipinski definition) is 5. The van der Waals surface area contributed by atoms with Gasteiger partial charge in [-0.2, -0.15) is 9.90 Å². The van der Waals surface area contributed by atoms with Crippen molar-refractivity contribution in [1.29, 1.82) is 0 Å². The van der Waals surface area contributed by atoms with E-state index in [1.165, 1.54) is 4.80 Å². The third-order valence-corrected chi connectivity index (χ3v) is 4.66. The molecule has 0 atom stereocenters. The predicted molar refractivity (Wildman–Crippen MR) is 114 cm³/mol. The zero-order valence-corrected chi connectivity index (χ0v) is 17.2. The molecule has 0 bridgehead atoms. The van der Waals surface area contributed by atoms with Gasteiger partial charge in [-0.05, 0) is 36.8 Å². The first-order chi connectivity index (χ1) is 15.0. The first-order valence-corrected chi connectivity index (χ1v) is 9.75. The van der Waals surface area contributed by atoms with E-state index in [1.807, 2.05) is 68.4 Å². The molecule has 2 heterocycles. The Labute approximate surface area is 179 Å². The summed E-state index contributed by atoms with van der Waals surface area (Å²) < 4.78 is 5.43. The second-order valence-electron chi connectivity index (χ2n) is 7.02. The molecule has 31 heavy (non-hydrogen) atoms. The summed E-state index contributed by atoms with van der Waals surface area (Å²) in [6, 6.07) is 16.9. The number of oxazole rings is 1. The number of nitrogens with zero attached hydrogens (tertiary/aromatic N) is 4. The molecule has 7 heteroatoms. The lowest BCUT2D eigenvalue weighted by atomic mass is 10.1. The van der Waals surface area contributed by atoms with Gasteiger partial charge in [-0.1, -0.05) is 42.2 Å². The maximum absolute atomic E-state index is 11.7. The fourth-order valence-electron chi connectivity index (χ4n) is 3.22. The van der Waals surface area contributed by atoms with Gasteiger partial charge in [0.05, 0.1) is 17.8 Å². The summed E-state index contributed by atoms with van der Waals surface area (Å²) in [5.74, 6) is 6.56. The van der Waals surface area contributed by atoms with Crippen LogP contribution in [0.4, 0.5) is 0 Å². The Hall–Kier alpha value is -4.18. The summed E-state index contributed by atoms with van der Waals surface area (Å²) in [5, 5.41) is 18.1. The monoisotopic (exact) mass is 412 g/mol. The molecule has 0 aliphatic rings. The van der Waals surface area contributed by atoms with Gasteiger partial charge < -0.3 is 9.52 Å². The Kier molecular flexibility index (Phi) is 5.63. The molecule has 2 aromatic carbocycles. The van der Waals surface area contributed by atoms with E-state index in [2.05, 4.69) is 27.0 Å². The molecule has 0 saturated carbocycles. The van der Waals surface area contributed by atoms with Crippen LogP contribution in [-0.4, -0.2) is 31.1 Å². The van der Waals surface area contributed by atoms with Gasteiger partial charge in [-0.3, -0.25) is 0 Å². The number of carbonyl (C=O) groups is 1. The Morgan fingerprint density at radius 1 is 1.06 bits per heavy atom. The molecular weight excluding hydrogens is 392 g/mol. The quantitative estimate of drug-likeness (QED) is 0.502. The standard InChI is InChI=1S/C24H20N4O3/c1-16-21(25-17(2)31-16)13-7-9-18-8-6-10-19(14-18)15-22-23(24(29)30)27-28(26-22)20-11-4-3-5-12-20/h3-6,8,10-12,14H,13,15H2,1-2H3,(H,29,30). The summed E-state index contributed by atoms with van der Waals surface area (Å²) >= 11 is 0. The molecule has 0 fully saturated rings. The summed E-state index contributed by atoms with van der Waals surface area (Å²) in [7, 11) is 0. The van der Waals surface area contributed by atoms with Crippen LogP contribution in [0.15, 0.2) is 59.0 Å². The summed E-state index contributed by atoms with van der Waals surface area (Å²) in [4.78, 5) is 17.4.